The largest absolute Gasteiger partial charge is 0.495 e. The molecule has 0 saturated carbocycles. The molecule has 1 heterocycles. The fourth-order valence-corrected chi connectivity index (χ4v) is 4.91. The average molecular weight is 384 g/mol. The lowest BCUT2D eigenvalue weighted by atomic mass is 10.1. The van der Waals surface area contributed by atoms with Crippen LogP contribution in [0.5, 0.6) is 5.75 Å². The van der Waals surface area contributed by atoms with E-state index in [4.69, 9.17) is 9.84 Å². The zero-order chi connectivity index (χ0) is 19.3. The standard InChI is InChI=1S/C18H28N2O5S/c1-14(2)13-19-7-4-8-20(10-9-19)26(23,24)17-11-15(12-18(21)22)5-6-16(17)25-3/h5-6,11,14H,4,7-10,12-13H2,1-3H3,(H,21,22). The number of methoxy groups -OCH3 is 1. The van der Waals surface area contributed by atoms with Crippen molar-refractivity contribution in [3.05, 3.63) is 23.8 Å². The summed E-state index contributed by atoms with van der Waals surface area (Å²) in [5, 5.41) is 8.98. The number of hydrogen-bond donors (Lipinski definition) is 1. The molecule has 1 aliphatic heterocycles. The minimum atomic E-state index is -3.75. The van der Waals surface area contributed by atoms with Gasteiger partial charge in [0.05, 0.1) is 13.5 Å². The van der Waals surface area contributed by atoms with Gasteiger partial charge in [0, 0.05) is 26.2 Å². The Morgan fingerprint density at radius 3 is 2.58 bits per heavy atom. The Bertz CT molecular complexity index is 733. The molecule has 7 nitrogen and oxygen atoms in total. The Kier molecular flexibility index (Phi) is 7.02. The van der Waals surface area contributed by atoms with Gasteiger partial charge < -0.3 is 14.7 Å². The van der Waals surface area contributed by atoms with E-state index >= 15 is 0 Å². The first-order chi connectivity index (χ1) is 12.2. The van der Waals surface area contributed by atoms with Crippen LogP contribution in [0.2, 0.25) is 0 Å². The van der Waals surface area contributed by atoms with E-state index in [0.717, 1.165) is 19.5 Å². The Hall–Kier alpha value is -1.64. The van der Waals surface area contributed by atoms with Gasteiger partial charge in [-0.25, -0.2) is 8.42 Å². The maximum Gasteiger partial charge on any atom is 0.307 e. The van der Waals surface area contributed by atoms with Crippen molar-refractivity contribution in [3.8, 4) is 5.75 Å². The fourth-order valence-electron chi connectivity index (χ4n) is 3.23. The quantitative estimate of drug-likeness (QED) is 0.770. The molecule has 0 spiro atoms. The number of aliphatic carboxylic acids is 1. The second kappa shape index (κ2) is 8.83. The Balaban J connectivity index is 2.27. The molecule has 1 aromatic rings. The second-order valence-electron chi connectivity index (χ2n) is 7.01. The summed E-state index contributed by atoms with van der Waals surface area (Å²) in [6.45, 7) is 7.68. The average Bonchev–Trinajstić information content (AvgIpc) is 2.79. The van der Waals surface area contributed by atoms with E-state index in [2.05, 4.69) is 18.7 Å². The Labute approximate surface area is 155 Å². The van der Waals surface area contributed by atoms with Gasteiger partial charge in [-0.05, 0) is 36.6 Å². The third-order valence-electron chi connectivity index (χ3n) is 4.37. The van der Waals surface area contributed by atoms with E-state index in [0.29, 0.717) is 31.1 Å². The minimum absolute atomic E-state index is 0.0380. The van der Waals surface area contributed by atoms with Crippen LogP contribution in [0.15, 0.2) is 23.1 Å². The van der Waals surface area contributed by atoms with E-state index in [1.54, 1.807) is 6.07 Å². The molecule has 8 heteroatoms. The molecular formula is C18H28N2O5S. The highest BCUT2D eigenvalue weighted by molar-refractivity contribution is 7.89. The fraction of sp³-hybridized carbons (Fsp3) is 0.611. The summed E-state index contributed by atoms with van der Waals surface area (Å²) < 4.78 is 33.0. The first-order valence-corrected chi connectivity index (χ1v) is 10.3. The van der Waals surface area contributed by atoms with Crippen LogP contribution in [0.25, 0.3) is 0 Å². The van der Waals surface area contributed by atoms with Crippen molar-refractivity contribution in [2.24, 2.45) is 5.92 Å². The van der Waals surface area contributed by atoms with Crippen LogP contribution in [0, 0.1) is 5.92 Å². The smallest absolute Gasteiger partial charge is 0.307 e. The molecule has 0 amide bonds. The monoisotopic (exact) mass is 384 g/mol. The third kappa shape index (κ3) is 5.18. The van der Waals surface area contributed by atoms with Crippen molar-refractivity contribution >= 4 is 16.0 Å². The van der Waals surface area contributed by atoms with Crippen molar-refractivity contribution in [1.29, 1.82) is 0 Å². The summed E-state index contributed by atoms with van der Waals surface area (Å²) in [6, 6.07) is 4.52. The number of carbonyl (C=O) groups is 1. The Morgan fingerprint density at radius 2 is 1.96 bits per heavy atom. The molecular weight excluding hydrogens is 356 g/mol. The van der Waals surface area contributed by atoms with E-state index in [1.807, 2.05) is 0 Å². The first kappa shape index (κ1) is 20.7. The lowest BCUT2D eigenvalue weighted by molar-refractivity contribution is -0.136. The summed E-state index contributed by atoms with van der Waals surface area (Å²) in [6.07, 6.45) is 0.539. The number of ether oxygens (including phenoxy) is 1. The Morgan fingerprint density at radius 1 is 1.23 bits per heavy atom. The number of rotatable bonds is 7. The molecule has 0 radical (unpaired) electrons. The van der Waals surface area contributed by atoms with E-state index < -0.39 is 16.0 Å². The van der Waals surface area contributed by atoms with Crippen LogP contribution in [-0.4, -0.2) is 68.5 Å². The molecule has 146 valence electrons. The highest BCUT2D eigenvalue weighted by atomic mass is 32.2. The molecule has 1 aliphatic rings. The molecule has 0 aromatic heterocycles. The van der Waals surface area contributed by atoms with E-state index in [9.17, 15) is 13.2 Å². The lowest BCUT2D eigenvalue weighted by Crippen LogP contribution is -2.36. The number of sulfonamides is 1. The SMILES string of the molecule is COc1ccc(CC(=O)O)cc1S(=O)(=O)N1CCCN(CC(C)C)CC1. The van der Waals surface area contributed by atoms with Gasteiger partial charge in [0.2, 0.25) is 10.0 Å². The topological polar surface area (TPSA) is 87.1 Å². The number of benzene rings is 1. The number of carboxylic acid groups (broad SMARTS) is 1. The van der Waals surface area contributed by atoms with Gasteiger partial charge in [-0.3, -0.25) is 4.79 Å². The molecule has 2 rings (SSSR count). The normalized spacial score (nSPS) is 17.2. The lowest BCUT2D eigenvalue weighted by Gasteiger charge is -2.23. The molecule has 1 N–H and O–H groups in total. The molecule has 1 fully saturated rings. The molecule has 0 bridgehead atoms. The van der Waals surface area contributed by atoms with E-state index in [-0.39, 0.29) is 17.1 Å². The van der Waals surface area contributed by atoms with Crippen LogP contribution in [0.4, 0.5) is 0 Å². The van der Waals surface area contributed by atoms with Crippen LogP contribution in [-0.2, 0) is 21.2 Å². The van der Waals surface area contributed by atoms with Crippen LogP contribution in [0.3, 0.4) is 0 Å². The molecule has 1 saturated heterocycles. The zero-order valence-corrected chi connectivity index (χ0v) is 16.5. The van der Waals surface area contributed by atoms with Crippen molar-refractivity contribution in [2.75, 3.05) is 39.8 Å². The van der Waals surface area contributed by atoms with E-state index in [1.165, 1.54) is 23.5 Å². The van der Waals surface area contributed by atoms with Gasteiger partial charge in [0.25, 0.3) is 0 Å². The molecule has 0 unspecified atom stereocenters. The number of carboxylic acids is 1. The molecule has 0 aliphatic carbocycles. The second-order valence-corrected chi connectivity index (χ2v) is 8.91. The number of hydrogen-bond acceptors (Lipinski definition) is 5. The summed E-state index contributed by atoms with van der Waals surface area (Å²) in [7, 11) is -2.33. The summed E-state index contributed by atoms with van der Waals surface area (Å²) >= 11 is 0. The van der Waals surface area contributed by atoms with Gasteiger partial charge in [0.15, 0.2) is 0 Å². The number of nitrogens with zero attached hydrogens (tertiary/aromatic N) is 2. The van der Waals surface area contributed by atoms with Crippen molar-refractivity contribution in [3.63, 3.8) is 0 Å². The highest BCUT2D eigenvalue weighted by Gasteiger charge is 2.30. The predicted octanol–water partition coefficient (Wildman–Crippen LogP) is 1.67. The van der Waals surface area contributed by atoms with Crippen molar-refractivity contribution < 1.29 is 23.1 Å². The van der Waals surface area contributed by atoms with Crippen molar-refractivity contribution in [2.45, 2.75) is 31.6 Å². The maximum atomic E-state index is 13.2. The van der Waals surface area contributed by atoms with Crippen LogP contribution in [0.1, 0.15) is 25.8 Å². The highest BCUT2D eigenvalue weighted by Crippen LogP contribution is 2.29. The van der Waals surface area contributed by atoms with Gasteiger partial charge >= 0.3 is 5.97 Å². The molecule has 0 atom stereocenters. The predicted molar refractivity (Wildman–Crippen MR) is 99.0 cm³/mol. The molecule has 1 aromatic carbocycles. The van der Waals surface area contributed by atoms with Gasteiger partial charge in [-0.15, -0.1) is 0 Å². The van der Waals surface area contributed by atoms with Gasteiger partial charge in [0.1, 0.15) is 10.6 Å². The van der Waals surface area contributed by atoms with Crippen LogP contribution >= 0.6 is 0 Å². The van der Waals surface area contributed by atoms with Crippen LogP contribution < -0.4 is 4.74 Å². The van der Waals surface area contributed by atoms with Gasteiger partial charge in [-0.1, -0.05) is 19.9 Å². The summed E-state index contributed by atoms with van der Waals surface area (Å²) in [4.78, 5) is 13.3. The van der Waals surface area contributed by atoms with Crippen molar-refractivity contribution in [1.82, 2.24) is 9.21 Å². The third-order valence-corrected chi connectivity index (χ3v) is 6.29. The van der Waals surface area contributed by atoms with Gasteiger partial charge in [-0.2, -0.15) is 4.31 Å². The first-order valence-electron chi connectivity index (χ1n) is 8.85. The minimum Gasteiger partial charge on any atom is -0.495 e. The maximum absolute atomic E-state index is 13.2. The summed E-state index contributed by atoms with van der Waals surface area (Å²) in [5.41, 5.74) is 0.438. The molecule has 26 heavy (non-hydrogen) atoms. The zero-order valence-electron chi connectivity index (χ0n) is 15.6. The summed E-state index contributed by atoms with van der Waals surface area (Å²) in [5.74, 6) is -0.231.